The van der Waals surface area contributed by atoms with E-state index in [1.165, 1.54) is 12.1 Å². The molecule has 0 radical (unpaired) electrons. The van der Waals surface area contributed by atoms with Crippen LogP contribution < -0.4 is 0 Å². The summed E-state index contributed by atoms with van der Waals surface area (Å²) in [7, 11) is 0. The van der Waals surface area contributed by atoms with Crippen LogP contribution in [0, 0.1) is 0 Å². The quantitative estimate of drug-likeness (QED) is 0.310. The van der Waals surface area contributed by atoms with Crippen LogP contribution in [0.2, 0.25) is 15.1 Å². The minimum absolute atomic E-state index is 0. The molecule has 0 saturated carbocycles. The Bertz CT molecular complexity index is 613. The molecule has 2 rings (SSSR count). The number of thiocarbonyl (C=S) groups is 1. The van der Waals surface area contributed by atoms with Crippen molar-refractivity contribution in [2.75, 3.05) is 6.61 Å². The summed E-state index contributed by atoms with van der Waals surface area (Å²) >= 11 is 24.6. The third-order valence-corrected chi connectivity index (χ3v) is 3.02. The van der Waals surface area contributed by atoms with Gasteiger partial charge in [0.05, 0.1) is 11.6 Å². The summed E-state index contributed by atoms with van der Waals surface area (Å²) < 4.78 is 4.95. The molecule has 2 aromatic carbocycles. The van der Waals surface area contributed by atoms with Crippen LogP contribution in [0.1, 0.15) is 6.92 Å². The number of benzene rings is 2. The Morgan fingerprint density at radius 3 is 1.96 bits per heavy atom. The van der Waals surface area contributed by atoms with E-state index in [0.29, 0.717) is 26.1 Å². The van der Waals surface area contributed by atoms with Crippen LogP contribution in [0.4, 0.5) is 0 Å². The van der Waals surface area contributed by atoms with E-state index in [1.54, 1.807) is 30.3 Å². The van der Waals surface area contributed by atoms with E-state index >= 15 is 0 Å². The normalized spacial score (nSPS) is 8.54. The molecule has 0 heterocycles. The molecule has 0 saturated heterocycles. The Labute approximate surface area is 210 Å². The predicted molar refractivity (Wildman–Crippen MR) is 112 cm³/mol. The van der Waals surface area contributed by atoms with Gasteiger partial charge in [-0.15, -0.1) is 0 Å². The average Bonchev–Trinajstić information content (AvgIpc) is 2.44. The number of hydrogen-bond acceptors (Lipinski definition) is 4. The van der Waals surface area contributed by atoms with Crippen molar-refractivity contribution in [3.8, 4) is 11.5 Å². The predicted octanol–water partition coefficient (Wildman–Crippen LogP) is 5.33. The third kappa shape index (κ3) is 15.1. The molecule has 0 atom stereocenters. The second-order valence-electron chi connectivity index (χ2n) is 3.77. The third-order valence-electron chi connectivity index (χ3n) is 1.98. The zero-order valence-electron chi connectivity index (χ0n) is 12.0. The maximum atomic E-state index is 8.88. The van der Waals surface area contributed by atoms with Gasteiger partial charge in [-0.1, -0.05) is 53.5 Å². The summed E-state index contributed by atoms with van der Waals surface area (Å²) in [5, 5.41) is 19.0. The minimum atomic E-state index is 0. The molecule has 0 spiro atoms. The molecule has 128 valence electrons. The number of ether oxygens (including phenoxy) is 1. The SMILES string of the molecule is CCOC(=S)S.Oc1cc(Cl)ccc1Cl.Oc1cccc(Cl)c1.[KH]. The zero-order chi connectivity index (χ0) is 17.8. The molecule has 24 heavy (non-hydrogen) atoms. The summed E-state index contributed by atoms with van der Waals surface area (Å²) in [5.74, 6) is 0.224. The first-order chi connectivity index (χ1) is 10.8. The zero-order valence-corrected chi connectivity index (χ0v) is 16.0. The van der Waals surface area contributed by atoms with Crippen molar-refractivity contribution >= 4 is 115 Å². The Morgan fingerprint density at radius 2 is 1.67 bits per heavy atom. The van der Waals surface area contributed by atoms with Gasteiger partial charge < -0.3 is 14.9 Å². The van der Waals surface area contributed by atoms with E-state index < -0.39 is 0 Å². The standard InChI is InChI=1S/C6H4Cl2O.C6H5ClO.C3H6OS2.K.H/c7-4-1-2-5(8)6(9)3-4;7-5-2-1-3-6(8)4-5;1-2-4-3(5)6;;/h1-3,9H;1-4,8H;2H2,1H3,(H,5,6);;. The molecule has 2 aromatic rings. The van der Waals surface area contributed by atoms with Gasteiger partial charge in [0.25, 0.3) is 0 Å². The van der Waals surface area contributed by atoms with Gasteiger partial charge in [0.2, 0.25) is 4.38 Å². The molecule has 9 heteroatoms. The van der Waals surface area contributed by atoms with Gasteiger partial charge in [-0.3, -0.25) is 0 Å². The molecule has 0 aromatic heterocycles. The molecule has 0 aliphatic carbocycles. The molecule has 0 aliphatic heterocycles. The Morgan fingerprint density at radius 1 is 1.08 bits per heavy atom. The Kier molecular flexibility index (Phi) is 18.0. The van der Waals surface area contributed by atoms with E-state index in [2.05, 4.69) is 29.6 Å². The van der Waals surface area contributed by atoms with Crippen molar-refractivity contribution in [1.29, 1.82) is 0 Å². The van der Waals surface area contributed by atoms with E-state index in [-0.39, 0.29) is 62.9 Å². The summed E-state index contributed by atoms with van der Waals surface area (Å²) in [5.41, 5.74) is 0. The maximum absolute atomic E-state index is 8.88. The monoisotopic (exact) mass is 452 g/mol. The Hall–Kier alpha value is 0.786. The van der Waals surface area contributed by atoms with Crippen LogP contribution in [0.25, 0.3) is 0 Å². The van der Waals surface area contributed by atoms with Crippen LogP contribution in [-0.2, 0) is 4.74 Å². The van der Waals surface area contributed by atoms with Crippen LogP contribution in [0.3, 0.4) is 0 Å². The fraction of sp³-hybridized carbons (Fsp3) is 0.133. The van der Waals surface area contributed by atoms with E-state index in [1.807, 2.05) is 6.92 Å². The average molecular weight is 454 g/mol. The van der Waals surface area contributed by atoms with Crippen molar-refractivity contribution < 1.29 is 14.9 Å². The number of hydrogen-bond donors (Lipinski definition) is 3. The van der Waals surface area contributed by atoms with Crippen molar-refractivity contribution in [3.63, 3.8) is 0 Å². The second-order valence-corrected chi connectivity index (χ2v) is 6.13. The van der Waals surface area contributed by atoms with Gasteiger partial charge in [0.15, 0.2) is 0 Å². The molecule has 0 aliphatic rings. The molecule has 0 amide bonds. The summed E-state index contributed by atoms with van der Waals surface area (Å²) in [6.45, 7) is 2.48. The number of aromatic hydroxyl groups is 2. The number of rotatable bonds is 1. The topological polar surface area (TPSA) is 49.7 Å². The van der Waals surface area contributed by atoms with Crippen molar-refractivity contribution in [2.45, 2.75) is 6.92 Å². The molecule has 0 fully saturated rings. The Balaban J connectivity index is 0. The van der Waals surface area contributed by atoms with Gasteiger partial charge in [-0.2, -0.15) is 0 Å². The van der Waals surface area contributed by atoms with Crippen molar-refractivity contribution in [3.05, 3.63) is 57.5 Å². The number of phenolic OH excluding ortho intramolecular Hbond substituents is 2. The van der Waals surface area contributed by atoms with E-state index in [9.17, 15) is 0 Å². The van der Waals surface area contributed by atoms with Gasteiger partial charge in [0, 0.05) is 16.1 Å². The van der Waals surface area contributed by atoms with Crippen molar-refractivity contribution in [1.82, 2.24) is 0 Å². The first-order valence-corrected chi connectivity index (χ1v) is 8.19. The van der Waals surface area contributed by atoms with Crippen LogP contribution in [0.15, 0.2) is 42.5 Å². The van der Waals surface area contributed by atoms with Crippen LogP contribution in [-0.4, -0.2) is 72.6 Å². The van der Waals surface area contributed by atoms with Crippen molar-refractivity contribution in [2.24, 2.45) is 0 Å². The molecule has 0 bridgehead atoms. The fourth-order valence-electron chi connectivity index (χ4n) is 1.09. The fourth-order valence-corrected chi connectivity index (χ4v) is 1.80. The summed E-state index contributed by atoms with van der Waals surface area (Å²) in [4.78, 5) is 0. The molecule has 3 nitrogen and oxygen atoms in total. The van der Waals surface area contributed by atoms with Gasteiger partial charge in [-0.25, -0.2) is 0 Å². The number of phenols is 2. The molecule has 2 N–H and O–H groups in total. The molecular formula is C15H16Cl3KO3S2. The summed E-state index contributed by atoms with van der Waals surface area (Å²) in [6, 6.07) is 11.0. The number of halogens is 3. The molecular weight excluding hydrogens is 438 g/mol. The van der Waals surface area contributed by atoms with Gasteiger partial charge in [-0.05, 0) is 49.5 Å². The molecule has 0 unspecified atom stereocenters. The first-order valence-electron chi connectivity index (χ1n) is 6.20. The van der Waals surface area contributed by atoms with E-state index in [0.717, 1.165) is 0 Å². The van der Waals surface area contributed by atoms with Crippen LogP contribution in [0.5, 0.6) is 11.5 Å². The first kappa shape index (κ1) is 27.0. The van der Waals surface area contributed by atoms with Gasteiger partial charge in [0.1, 0.15) is 11.5 Å². The van der Waals surface area contributed by atoms with E-state index in [4.69, 9.17) is 45.0 Å². The van der Waals surface area contributed by atoms with Crippen LogP contribution >= 0.6 is 59.6 Å². The second kappa shape index (κ2) is 16.0. The van der Waals surface area contributed by atoms with Gasteiger partial charge >= 0.3 is 51.4 Å². The summed E-state index contributed by atoms with van der Waals surface area (Å²) in [6.07, 6.45) is 0. The number of thiol groups is 1.